The molecule has 1 saturated carbocycles. The number of carbonyl (C=O) groups is 1. The molecule has 4 nitrogen and oxygen atoms in total. The summed E-state index contributed by atoms with van der Waals surface area (Å²) < 4.78 is 4.97. The molecule has 0 aromatic rings. The Balaban J connectivity index is 2.29. The first-order chi connectivity index (χ1) is 5.88. The van der Waals surface area contributed by atoms with E-state index in [2.05, 4.69) is 4.99 Å². The molecule has 74 valence electrons. The van der Waals surface area contributed by atoms with Gasteiger partial charge in [-0.1, -0.05) is 0 Å². The van der Waals surface area contributed by atoms with Crippen LogP contribution in [0.1, 0.15) is 27.2 Å². The van der Waals surface area contributed by atoms with E-state index in [0.717, 1.165) is 6.42 Å². The largest absolute Gasteiger partial charge is 0.442 e. The highest BCUT2D eigenvalue weighted by molar-refractivity contribution is 5.81. The predicted octanol–water partition coefficient (Wildman–Crippen LogP) is 1.34. The third-order valence-corrected chi connectivity index (χ3v) is 1.66. The van der Waals surface area contributed by atoms with Gasteiger partial charge in [0.25, 0.3) is 0 Å². The molecule has 0 aromatic carbocycles. The maximum Gasteiger partial charge on any atom is 0.433 e. The molecular formula is C9H16N2O2. The molecule has 1 unspecified atom stereocenters. The summed E-state index contributed by atoms with van der Waals surface area (Å²) in [6, 6.07) is 0.186. The normalized spacial score (nSPS) is 27.7. The summed E-state index contributed by atoms with van der Waals surface area (Å²) in [4.78, 5) is 14.7. The van der Waals surface area contributed by atoms with Crippen LogP contribution in [-0.4, -0.2) is 24.0 Å². The third-order valence-electron chi connectivity index (χ3n) is 1.66. The number of hydrogen-bond acceptors (Lipinski definition) is 3. The van der Waals surface area contributed by atoms with Gasteiger partial charge in [0.05, 0.1) is 0 Å². The van der Waals surface area contributed by atoms with Gasteiger partial charge in [0.1, 0.15) is 5.60 Å². The van der Waals surface area contributed by atoms with Gasteiger partial charge in [0.2, 0.25) is 0 Å². The van der Waals surface area contributed by atoms with Crippen LogP contribution in [0.25, 0.3) is 0 Å². The Hall–Kier alpha value is -0.900. The second-order valence-electron chi connectivity index (χ2n) is 4.32. The first kappa shape index (κ1) is 10.2. The minimum atomic E-state index is -0.536. The van der Waals surface area contributed by atoms with Crippen molar-refractivity contribution in [2.75, 3.05) is 0 Å². The van der Waals surface area contributed by atoms with Crippen molar-refractivity contribution < 1.29 is 9.53 Å². The maximum atomic E-state index is 11.0. The van der Waals surface area contributed by atoms with Gasteiger partial charge in [0.15, 0.2) is 0 Å². The second kappa shape index (κ2) is 3.46. The fourth-order valence-corrected chi connectivity index (χ4v) is 0.852. The van der Waals surface area contributed by atoms with Crippen LogP contribution >= 0.6 is 0 Å². The smallest absolute Gasteiger partial charge is 0.433 e. The number of aliphatic imine (C=N–C) groups is 1. The van der Waals surface area contributed by atoms with Gasteiger partial charge >= 0.3 is 6.09 Å². The lowest BCUT2D eigenvalue weighted by Gasteiger charge is -2.16. The molecule has 1 rings (SSSR count). The van der Waals surface area contributed by atoms with Crippen molar-refractivity contribution in [3.05, 3.63) is 0 Å². The summed E-state index contributed by atoms with van der Waals surface area (Å²) in [5.74, 6) is 0.271. The van der Waals surface area contributed by atoms with Crippen molar-refractivity contribution in [2.45, 2.75) is 38.8 Å². The number of nitrogens with two attached hydrogens (primary N) is 1. The van der Waals surface area contributed by atoms with E-state index in [0.29, 0.717) is 0 Å². The SMILES string of the molecule is CC(C)(C)OC(=O)/N=C\C1C[C@@H]1N. The molecule has 1 aliphatic carbocycles. The maximum absolute atomic E-state index is 11.0. The van der Waals surface area contributed by atoms with Crippen LogP contribution in [-0.2, 0) is 4.74 Å². The highest BCUT2D eigenvalue weighted by Crippen LogP contribution is 2.25. The third kappa shape index (κ3) is 4.03. The molecule has 13 heavy (non-hydrogen) atoms. The van der Waals surface area contributed by atoms with Crippen molar-refractivity contribution in [3.63, 3.8) is 0 Å². The molecule has 1 aliphatic rings. The van der Waals surface area contributed by atoms with Crippen molar-refractivity contribution in [3.8, 4) is 0 Å². The standard InChI is InChI=1S/C9H16N2O2/c1-9(2,3)13-8(12)11-5-6-4-7(6)10/h5-7H,4,10H2,1-3H3/b11-5-/t6?,7-/m0/s1. The van der Waals surface area contributed by atoms with E-state index in [4.69, 9.17) is 10.5 Å². The summed E-state index contributed by atoms with van der Waals surface area (Å²) in [7, 11) is 0. The monoisotopic (exact) mass is 184 g/mol. The van der Waals surface area contributed by atoms with Gasteiger partial charge in [-0.05, 0) is 27.2 Å². The summed E-state index contributed by atoms with van der Waals surface area (Å²) in [5, 5.41) is 0. The van der Waals surface area contributed by atoms with Gasteiger partial charge in [0, 0.05) is 18.2 Å². The van der Waals surface area contributed by atoms with Crippen molar-refractivity contribution in [1.29, 1.82) is 0 Å². The minimum absolute atomic E-state index is 0.186. The van der Waals surface area contributed by atoms with E-state index in [1.54, 1.807) is 6.21 Å². The molecule has 0 heterocycles. The molecule has 0 aromatic heterocycles. The molecular weight excluding hydrogens is 168 g/mol. The summed E-state index contributed by atoms with van der Waals surface area (Å²) >= 11 is 0. The van der Waals surface area contributed by atoms with Crippen molar-refractivity contribution in [2.24, 2.45) is 16.6 Å². The van der Waals surface area contributed by atoms with Crippen molar-refractivity contribution in [1.82, 2.24) is 0 Å². The highest BCUT2D eigenvalue weighted by Gasteiger charge is 2.31. The molecule has 1 amide bonds. The molecule has 4 heteroatoms. The average Bonchev–Trinajstić information content (AvgIpc) is 2.58. The fourth-order valence-electron chi connectivity index (χ4n) is 0.852. The van der Waals surface area contributed by atoms with Crippen LogP contribution < -0.4 is 5.73 Å². The Bertz CT molecular complexity index is 230. The second-order valence-corrected chi connectivity index (χ2v) is 4.32. The Morgan fingerprint density at radius 3 is 2.54 bits per heavy atom. The molecule has 0 bridgehead atoms. The van der Waals surface area contributed by atoms with E-state index in [9.17, 15) is 4.79 Å². The molecule has 0 aliphatic heterocycles. The number of rotatable bonds is 1. The Kier molecular flexibility index (Phi) is 2.71. The van der Waals surface area contributed by atoms with E-state index >= 15 is 0 Å². The lowest BCUT2D eigenvalue weighted by Crippen LogP contribution is -2.22. The van der Waals surface area contributed by atoms with Crippen LogP contribution in [0.2, 0.25) is 0 Å². The van der Waals surface area contributed by atoms with E-state index in [1.165, 1.54) is 0 Å². The van der Waals surface area contributed by atoms with Gasteiger partial charge in [-0.25, -0.2) is 4.79 Å². The molecule has 0 spiro atoms. The highest BCUT2D eigenvalue weighted by atomic mass is 16.6. The van der Waals surface area contributed by atoms with E-state index in [1.807, 2.05) is 20.8 Å². The number of ether oxygens (including phenoxy) is 1. The molecule has 1 fully saturated rings. The van der Waals surface area contributed by atoms with E-state index in [-0.39, 0.29) is 12.0 Å². The van der Waals surface area contributed by atoms with Crippen LogP contribution in [0.4, 0.5) is 4.79 Å². The topological polar surface area (TPSA) is 64.7 Å². The van der Waals surface area contributed by atoms with Crippen molar-refractivity contribution >= 4 is 12.3 Å². The quantitative estimate of drug-likeness (QED) is 0.625. The number of amides is 1. The summed E-state index contributed by atoms with van der Waals surface area (Å²) in [6.45, 7) is 5.43. The van der Waals surface area contributed by atoms with Crippen LogP contribution in [0.5, 0.6) is 0 Å². The zero-order chi connectivity index (χ0) is 10.1. The van der Waals surface area contributed by atoms with Gasteiger partial charge in [-0.3, -0.25) is 0 Å². The van der Waals surface area contributed by atoms with Gasteiger partial charge in [-0.2, -0.15) is 4.99 Å². The average molecular weight is 184 g/mol. The predicted molar refractivity (Wildman–Crippen MR) is 50.8 cm³/mol. The van der Waals surface area contributed by atoms with Crippen LogP contribution in [0.3, 0.4) is 0 Å². The Morgan fingerprint density at radius 1 is 1.62 bits per heavy atom. The zero-order valence-electron chi connectivity index (χ0n) is 8.28. The van der Waals surface area contributed by atoms with E-state index < -0.39 is 11.7 Å². The fraction of sp³-hybridized carbons (Fsp3) is 0.778. The molecule has 2 atom stereocenters. The summed E-state index contributed by atoms with van der Waals surface area (Å²) in [5.41, 5.74) is 5.06. The number of nitrogens with zero attached hydrogens (tertiary/aromatic N) is 1. The first-order valence-corrected chi connectivity index (χ1v) is 4.41. The summed E-state index contributed by atoms with van der Waals surface area (Å²) in [6.07, 6.45) is 1.97. The Labute approximate surface area is 78.2 Å². The van der Waals surface area contributed by atoms with Gasteiger partial charge < -0.3 is 10.5 Å². The lowest BCUT2D eigenvalue weighted by atomic mass is 10.2. The van der Waals surface area contributed by atoms with Gasteiger partial charge in [-0.15, -0.1) is 0 Å². The molecule has 0 saturated heterocycles. The Morgan fingerprint density at radius 2 is 2.15 bits per heavy atom. The van der Waals surface area contributed by atoms with Crippen LogP contribution in [0.15, 0.2) is 4.99 Å². The number of hydrogen-bond donors (Lipinski definition) is 1. The van der Waals surface area contributed by atoms with Crippen LogP contribution in [0, 0.1) is 5.92 Å². The molecule has 0 radical (unpaired) electrons. The number of carbonyl (C=O) groups excluding carboxylic acids is 1. The minimum Gasteiger partial charge on any atom is -0.442 e. The molecule has 2 N–H and O–H groups in total. The lowest BCUT2D eigenvalue weighted by molar-refractivity contribution is 0.0605. The first-order valence-electron chi connectivity index (χ1n) is 4.41. The zero-order valence-corrected chi connectivity index (χ0v) is 8.28.